The Labute approximate surface area is 94.1 Å². The fourth-order valence-corrected chi connectivity index (χ4v) is 1.10. The lowest BCUT2D eigenvalue weighted by Crippen LogP contribution is -2.37. The van der Waals surface area contributed by atoms with E-state index in [0.717, 1.165) is 0 Å². The van der Waals surface area contributed by atoms with Gasteiger partial charge in [-0.2, -0.15) is 0 Å². The minimum Gasteiger partial charge on any atom is -0.382 e. The van der Waals surface area contributed by atoms with Gasteiger partial charge in [0.25, 0.3) is 0 Å². The van der Waals surface area contributed by atoms with Gasteiger partial charge in [-0.15, -0.1) is 0 Å². The van der Waals surface area contributed by atoms with Crippen LogP contribution >= 0.6 is 0 Å². The van der Waals surface area contributed by atoms with Crippen molar-refractivity contribution in [2.24, 2.45) is 10.8 Å². The smallest absolute Gasteiger partial charge is 0.210 e. The van der Waals surface area contributed by atoms with E-state index in [1.165, 1.54) is 6.33 Å². The predicted octanol–water partition coefficient (Wildman–Crippen LogP) is -0.257. The minimum atomic E-state index is 0.00757. The summed E-state index contributed by atoms with van der Waals surface area (Å²) in [5.41, 5.74) is 3.18. The quantitative estimate of drug-likeness (QED) is 0.282. The molecule has 0 radical (unpaired) electrons. The van der Waals surface area contributed by atoms with Gasteiger partial charge in [0.15, 0.2) is 0 Å². The fourth-order valence-electron chi connectivity index (χ4n) is 1.10. The summed E-state index contributed by atoms with van der Waals surface area (Å²) >= 11 is 0. The first-order chi connectivity index (χ1) is 7.76. The Bertz CT molecular complexity index is 328. The van der Waals surface area contributed by atoms with Crippen LogP contribution in [0.25, 0.3) is 0 Å². The Balaban J connectivity index is 2.61. The molecule has 1 unspecified atom stereocenters. The zero-order valence-electron chi connectivity index (χ0n) is 9.34. The first-order valence-electron chi connectivity index (χ1n) is 4.81. The second-order valence-corrected chi connectivity index (χ2v) is 3.18. The van der Waals surface area contributed by atoms with Gasteiger partial charge in [-0.25, -0.2) is 20.8 Å². The third kappa shape index (κ3) is 4.20. The molecule has 7 nitrogen and oxygen atoms in total. The number of hydrazine groups is 1. The van der Waals surface area contributed by atoms with Crippen molar-refractivity contribution in [3.63, 3.8) is 0 Å². The van der Waals surface area contributed by atoms with E-state index in [2.05, 4.69) is 25.7 Å². The molecule has 1 aromatic rings. The van der Waals surface area contributed by atoms with Gasteiger partial charge in [-0.05, 0) is 6.92 Å². The lowest BCUT2D eigenvalue weighted by Gasteiger charge is -2.11. The van der Waals surface area contributed by atoms with Gasteiger partial charge < -0.3 is 10.1 Å². The molecule has 0 bridgehead atoms. The molecule has 1 rings (SSSR count). The van der Waals surface area contributed by atoms with Crippen LogP contribution in [0.5, 0.6) is 0 Å². The molecule has 0 amide bonds. The first-order valence-corrected chi connectivity index (χ1v) is 4.81. The number of hydrogen-bond donors (Lipinski definition) is 3. The standard InChI is InChI=1S/C9H16N6O/c1-7(5-16-2)13-9(15-10)14-8-3-11-6-12-4-8/h3-4,6-7H,5,10H2,1-2H3,(H2,13,14,15). The molecule has 1 aromatic heterocycles. The zero-order valence-corrected chi connectivity index (χ0v) is 9.34. The lowest BCUT2D eigenvalue weighted by atomic mass is 10.4. The van der Waals surface area contributed by atoms with E-state index in [-0.39, 0.29) is 6.04 Å². The normalized spacial score (nSPS) is 13.3. The van der Waals surface area contributed by atoms with Crippen LogP contribution in [0.1, 0.15) is 6.92 Å². The maximum atomic E-state index is 5.34. The molecule has 0 aliphatic rings. The SMILES string of the molecule is COCC(C)N=C(NN)Nc1cncnc1. The minimum absolute atomic E-state index is 0.00757. The third-order valence-corrected chi connectivity index (χ3v) is 1.72. The number of rotatable bonds is 4. The van der Waals surface area contributed by atoms with Crippen LogP contribution in [-0.4, -0.2) is 35.7 Å². The zero-order chi connectivity index (χ0) is 11.8. The average Bonchev–Trinajstić information content (AvgIpc) is 2.30. The van der Waals surface area contributed by atoms with Gasteiger partial charge in [-0.1, -0.05) is 0 Å². The van der Waals surface area contributed by atoms with Gasteiger partial charge in [0.05, 0.1) is 30.7 Å². The Morgan fingerprint density at radius 3 is 2.81 bits per heavy atom. The molecule has 4 N–H and O–H groups in total. The van der Waals surface area contributed by atoms with Crippen molar-refractivity contribution in [1.82, 2.24) is 15.4 Å². The van der Waals surface area contributed by atoms with Crippen LogP contribution < -0.4 is 16.6 Å². The molecule has 0 aromatic carbocycles. The number of aromatic nitrogens is 2. The van der Waals surface area contributed by atoms with Crippen molar-refractivity contribution in [2.45, 2.75) is 13.0 Å². The van der Waals surface area contributed by atoms with Crippen molar-refractivity contribution < 1.29 is 4.74 Å². The Morgan fingerprint density at radius 1 is 1.56 bits per heavy atom. The maximum Gasteiger partial charge on any atom is 0.210 e. The summed E-state index contributed by atoms with van der Waals surface area (Å²) in [6.07, 6.45) is 4.70. The van der Waals surface area contributed by atoms with Crippen LogP contribution in [0.2, 0.25) is 0 Å². The number of nitrogens with one attached hydrogen (secondary N) is 2. The van der Waals surface area contributed by atoms with E-state index in [9.17, 15) is 0 Å². The van der Waals surface area contributed by atoms with E-state index in [4.69, 9.17) is 10.6 Å². The first kappa shape index (κ1) is 12.3. The van der Waals surface area contributed by atoms with Crippen molar-refractivity contribution in [3.8, 4) is 0 Å². The van der Waals surface area contributed by atoms with Gasteiger partial charge in [0.2, 0.25) is 5.96 Å². The Kier molecular flexibility index (Phi) is 5.17. The molecule has 0 aliphatic heterocycles. The highest BCUT2D eigenvalue weighted by Gasteiger charge is 2.02. The molecule has 0 spiro atoms. The number of ether oxygens (including phenoxy) is 1. The molecular formula is C9H16N6O. The monoisotopic (exact) mass is 224 g/mol. The number of methoxy groups -OCH3 is 1. The second-order valence-electron chi connectivity index (χ2n) is 3.18. The van der Waals surface area contributed by atoms with Gasteiger partial charge in [-0.3, -0.25) is 5.43 Å². The van der Waals surface area contributed by atoms with Crippen LogP contribution in [0.4, 0.5) is 5.69 Å². The highest BCUT2D eigenvalue weighted by atomic mass is 16.5. The van der Waals surface area contributed by atoms with E-state index in [1.807, 2.05) is 6.92 Å². The summed E-state index contributed by atoms with van der Waals surface area (Å²) in [6, 6.07) is 0.00757. The molecule has 1 heterocycles. The second kappa shape index (κ2) is 6.70. The molecule has 0 fully saturated rings. The van der Waals surface area contributed by atoms with Crippen LogP contribution in [0.15, 0.2) is 23.7 Å². The summed E-state index contributed by atoms with van der Waals surface area (Å²) in [6.45, 7) is 2.45. The maximum absolute atomic E-state index is 5.34. The number of guanidine groups is 1. The molecular weight excluding hydrogens is 208 g/mol. The van der Waals surface area contributed by atoms with E-state index in [0.29, 0.717) is 18.3 Å². The highest BCUT2D eigenvalue weighted by Crippen LogP contribution is 2.00. The largest absolute Gasteiger partial charge is 0.382 e. The Hall–Kier alpha value is -1.73. The number of hydrogen-bond acceptors (Lipinski definition) is 5. The van der Waals surface area contributed by atoms with E-state index in [1.54, 1.807) is 19.5 Å². The average molecular weight is 224 g/mol. The summed E-state index contributed by atoms with van der Waals surface area (Å²) in [7, 11) is 1.63. The summed E-state index contributed by atoms with van der Waals surface area (Å²) < 4.78 is 4.97. The number of anilines is 1. The Morgan fingerprint density at radius 2 is 2.25 bits per heavy atom. The molecule has 1 atom stereocenters. The van der Waals surface area contributed by atoms with Crippen LogP contribution in [0, 0.1) is 0 Å². The third-order valence-electron chi connectivity index (χ3n) is 1.72. The van der Waals surface area contributed by atoms with Crippen molar-refractivity contribution >= 4 is 11.6 Å². The van der Waals surface area contributed by atoms with Gasteiger partial charge in [0, 0.05) is 7.11 Å². The predicted molar refractivity (Wildman–Crippen MR) is 61.8 cm³/mol. The molecule has 88 valence electrons. The van der Waals surface area contributed by atoms with E-state index < -0.39 is 0 Å². The molecule has 0 saturated carbocycles. The molecule has 16 heavy (non-hydrogen) atoms. The molecule has 7 heteroatoms. The number of nitrogens with zero attached hydrogens (tertiary/aromatic N) is 3. The fraction of sp³-hybridized carbons (Fsp3) is 0.444. The number of nitrogens with two attached hydrogens (primary N) is 1. The van der Waals surface area contributed by atoms with Gasteiger partial charge >= 0.3 is 0 Å². The highest BCUT2D eigenvalue weighted by molar-refractivity contribution is 5.92. The van der Waals surface area contributed by atoms with Crippen LogP contribution in [0.3, 0.4) is 0 Å². The van der Waals surface area contributed by atoms with Crippen molar-refractivity contribution in [1.29, 1.82) is 0 Å². The van der Waals surface area contributed by atoms with Gasteiger partial charge in [0.1, 0.15) is 6.33 Å². The molecule has 0 aliphatic carbocycles. The summed E-state index contributed by atoms with van der Waals surface area (Å²) in [5.74, 6) is 5.78. The molecule has 0 saturated heterocycles. The van der Waals surface area contributed by atoms with Crippen LogP contribution in [-0.2, 0) is 4.74 Å². The van der Waals surface area contributed by atoms with Crippen molar-refractivity contribution in [2.75, 3.05) is 19.0 Å². The topological polar surface area (TPSA) is 97.5 Å². The van der Waals surface area contributed by atoms with Crippen molar-refractivity contribution in [3.05, 3.63) is 18.7 Å². The summed E-state index contributed by atoms with van der Waals surface area (Å²) in [4.78, 5) is 12.0. The van der Waals surface area contributed by atoms with E-state index >= 15 is 0 Å². The lowest BCUT2D eigenvalue weighted by molar-refractivity contribution is 0.185. The summed E-state index contributed by atoms with van der Waals surface area (Å²) in [5, 5.41) is 2.95. The number of aliphatic imine (C=N–C) groups is 1.